The lowest BCUT2D eigenvalue weighted by Gasteiger charge is -2.23. The smallest absolute Gasteiger partial charge is 0.301 e. The van der Waals surface area contributed by atoms with Crippen molar-refractivity contribution in [3.8, 4) is 11.5 Å². The Balaban J connectivity index is 1.61. The van der Waals surface area contributed by atoms with Gasteiger partial charge in [0.1, 0.15) is 11.6 Å². The van der Waals surface area contributed by atoms with Gasteiger partial charge in [0.05, 0.1) is 18.2 Å². The van der Waals surface area contributed by atoms with Crippen LogP contribution in [-0.2, 0) is 15.3 Å². The number of aryl methyl sites for hydroxylation is 2. The lowest BCUT2D eigenvalue weighted by Crippen LogP contribution is -2.29. The van der Waals surface area contributed by atoms with Crippen LogP contribution in [0.5, 0.6) is 11.5 Å². The summed E-state index contributed by atoms with van der Waals surface area (Å²) < 4.78 is 20.1. The standard InChI is InChI=1S/C30H26FN3O5S2/c1-4-39-23-14-18(11-12-22(23)35)25-24(26(36)20-13-16(2)9-10-17(20)3)27(37)28(38)34(25)29-32-33-30(41-29)40-15-19-7-5-6-8-21(19)31/h5-14,25,35-36H,4,15H2,1-3H3/b26-24+. The topological polar surface area (TPSA) is 113 Å². The predicted molar refractivity (Wildman–Crippen MR) is 156 cm³/mol. The van der Waals surface area contributed by atoms with Crippen LogP contribution in [0.25, 0.3) is 5.76 Å². The molecule has 1 amide bonds. The molecule has 1 aliphatic rings. The first-order chi connectivity index (χ1) is 19.7. The van der Waals surface area contributed by atoms with Crippen LogP contribution >= 0.6 is 23.1 Å². The monoisotopic (exact) mass is 591 g/mol. The molecule has 1 saturated heterocycles. The van der Waals surface area contributed by atoms with E-state index in [1.165, 1.54) is 34.9 Å². The number of ether oxygens (including phenoxy) is 1. The van der Waals surface area contributed by atoms with Gasteiger partial charge in [-0.2, -0.15) is 0 Å². The number of halogens is 1. The molecule has 41 heavy (non-hydrogen) atoms. The zero-order valence-corrected chi connectivity index (χ0v) is 24.1. The maximum atomic E-state index is 14.1. The number of anilines is 1. The summed E-state index contributed by atoms with van der Waals surface area (Å²) in [5.41, 5.74) is 2.82. The highest BCUT2D eigenvalue weighted by Gasteiger charge is 2.48. The minimum Gasteiger partial charge on any atom is -0.507 e. The summed E-state index contributed by atoms with van der Waals surface area (Å²) in [7, 11) is 0. The van der Waals surface area contributed by atoms with Crippen LogP contribution < -0.4 is 9.64 Å². The summed E-state index contributed by atoms with van der Waals surface area (Å²) in [5, 5.41) is 30.3. The lowest BCUT2D eigenvalue weighted by atomic mass is 9.93. The van der Waals surface area contributed by atoms with Gasteiger partial charge in [-0.1, -0.05) is 65.1 Å². The van der Waals surface area contributed by atoms with Crippen LogP contribution in [0.4, 0.5) is 9.52 Å². The summed E-state index contributed by atoms with van der Waals surface area (Å²) in [4.78, 5) is 28.3. The molecule has 1 aromatic heterocycles. The summed E-state index contributed by atoms with van der Waals surface area (Å²) >= 11 is 2.33. The number of aliphatic hydroxyl groups is 1. The second-order valence-corrected chi connectivity index (χ2v) is 11.6. The number of carbonyl (C=O) groups excluding carboxylic acids is 2. The highest BCUT2D eigenvalue weighted by molar-refractivity contribution is 8.00. The number of carbonyl (C=O) groups is 2. The molecular formula is C30H26FN3O5S2. The molecule has 3 aromatic carbocycles. The predicted octanol–water partition coefficient (Wildman–Crippen LogP) is 6.32. The minimum atomic E-state index is -1.08. The quantitative estimate of drug-likeness (QED) is 0.0805. The van der Waals surface area contributed by atoms with Gasteiger partial charge in [-0.25, -0.2) is 4.39 Å². The van der Waals surface area contributed by atoms with Gasteiger partial charge >= 0.3 is 5.91 Å². The van der Waals surface area contributed by atoms with Crippen LogP contribution in [0.2, 0.25) is 0 Å². The molecule has 0 bridgehead atoms. The van der Waals surface area contributed by atoms with E-state index in [0.717, 1.165) is 22.5 Å². The number of rotatable bonds is 8. The van der Waals surface area contributed by atoms with Crippen LogP contribution in [0, 0.1) is 19.7 Å². The van der Waals surface area contributed by atoms with E-state index in [4.69, 9.17) is 4.74 Å². The Morgan fingerprint density at radius 2 is 1.88 bits per heavy atom. The minimum absolute atomic E-state index is 0.107. The molecule has 2 heterocycles. The molecular weight excluding hydrogens is 565 g/mol. The fourth-order valence-corrected chi connectivity index (χ4v) is 6.42. The van der Waals surface area contributed by atoms with E-state index < -0.39 is 17.7 Å². The van der Waals surface area contributed by atoms with Gasteiger partial charge in [0.15, 0.2) is 15.8 Å². The highest BCUT2D eigenvalue weighted by atomic mass is 32.2. The van der Waals surface area contributed by atoms with Crippen molar-refractivity contribution in [1.29, 1.82) is 0 Å². The number of aliphatic hydroxyl groups excluding tert-OH is 1. The molecule has 4 aromatic rings. The zero-order chi connectivity index (χ0) is 29.3. The summed E-state index contributed by atoms with van der Waals surface area (Å²) in [6, 6.07) is 15.3. The molecule has 1 unspecified atom stereocenters. The van der Waals surface area contributed by atoms with Crippen LogP contribution in [0.1, 0.15) is 40.8 Å². The first-order valence-corrected chi connectivity index (χ1v) is 14.5. The van der Waals surface area contributed by atoms with Crippen molar-refractivity contribution in [2.24, 2.45) is 0 Å². The van der Waals surface area contributed by atoms with E-state index in [1.54, 1.807) is 44.2 Å². The van der Waals surface area contributed by atoms with Crippen molar-refractivity contribution < 1.29 is 28.9 Å². The van der Waals surface area contributed by atoms with E-state index >= 15 is 0 Å². The second kappa shape index (κ2) is 11.7. The first kappa shape index (κ1) is 28.3. The van der Waals surface area contributed by atoms with Gasteiger partial charge in [0.2, 0.25) is 5.13 Å². The SMILES string of the molecule is CCOc1cc(C2/C(=C(\O)c3cc(C)ccc3C)C(=O)C(=O)N2c2nnc(SCc3ccccc3F)s2)ccc1O. The average Bonchev–Trinajstić information content (AvgIpc) is 3.52. The Labute approximate surface area is 244 Å². The molecule has 5 rings (SSSR count). The lowest BCUT2D eigenvalue weighted by molar-refractivity contribution is -0.132. The maximum absolute atomic E-state index is 14.1. The number of aromatic nitrogens is 2. The Bertz CT molecular complexity index is 1690. The Morgan fingerprint density at radius 3 is 2.63 bits per heavy atom. The van der Waals surface area contributed by atoms with Gasteiger partial charge in [0.25, 0.3) is 5.78 Å². The number of phenols is 1. The van der Waals surface area contributed by atoms with Gasteiger partial charge in [0, 0.05) is 11.3 Å². The number of aromatic hydroxyl groups is 1. The van der Waals surface area contributed by atoms with Gasteiger partial charge in [-0.15, -0.1) is 10.2 Å². The van der Waals surface area contributed by atoms with Crippen LogP contribution in [0.3, 0.4) is 0 Å². The molecule has 0 spiro atoms. The van der Waals surface area contributed by atoms with E-state index in [9.17, 15) is 24.2 Å². The molecule has 8 nitrogen and oxygen atoms in total. The second-order valence-electron chi connectivity index (χ2n) is 9.38. The maximum Gasteiger partial charge on any atom is 0.301 e. The highest BCUT2D eigenvalue weighted by Crippen LogP contribution is 2.45. The molecule has 2 N–H and O–H groups in total. The Hall–Kier alpha value is -4.22. The molecule has 1 atom stereocenters. The number of hydrogen-bond acceptors (Lipinski definition) is 9. The molecule has 0 aliphatic carbocycles. The molecule has 0 radical (unpaired) electrons. The molecule has 1 fully saturated rings. The van der Waals surface area contributed by atoms with Crippen molar-refractivity contribution in [2.75, 3.05) is 11.5 Å². The molecule has 1 aliphatic heterocycles. The van der Waals surface area contributed by atoms with Gasteiger partial charge in [-0.05, 0) is 61.7 Å². The summed E-state index contributed by atoms with van der Waals surface area (Å²) in [5.74, 6) is -2.05. The zero-order valence-electron chi connectivity index (χ0n) is 22.4. The Morgan fingerprint density at radius 1 is 1.10 bits per heavy atom. The van der Waals surface area contributed by atoms with E-state index in [1.807, 2.05) is 19.1 Å². The molecule has 0 saturated carbocycles. The van der Waals surface area contributed by atoms with Crippen molar-refractivity contribution in [3.63, 3.8) is 0 Å². The fourth-order valence-electron chi connectivity index (χ4n) is 4.57. The van der Waals surface area contributed by atoms with Gasteiger partial charge in [-0.3, -0.25) is 14.5 Å². The number of thioether (sulfide) groups is 1. The number of hydrogen-bond donors (Lipinski definition) is 2. The number of ketones is 1. The van der Waals surface area contributed by atoms with Crippen molar-refractivity contribution in [1.82, 2.24) is 10.2 Å². The van der Waals surface area contributed by atoms with E-state index in [-0.39, 0.29) is 40.4 Å². The third-order valence-corrected chi connectivity index (χ3v) is 8.71. The van der Waals surface area contributed by atoms with E-state index in [2.05, 4.69) is 10.2 Å². The number of amides is 1. The number of phenolic OH excluding ortho intramolecular Hbond substituents is 1. The van der Waals surface area contributed by atoms with Crippen molar-refractivity contribution in [3.05, 3.63) is 99.9 Å². The van der Waals surface area contributed by atoms with Crippen molar-refractivity contribution >= 4 is 45.7 Å². The first-order valence-electron chi connectivity index (χ1n) is 12.7. The van der Waals surface area contributed by atoms with E-state index in [0.29, 0.717) is 26.8 Å². The largest absolute Gasteiger partial charge is 0.507 e. The van der Waals surface area contributed by atoms with Gasteiger partial charge < -0.3 is 14.9 Å². The number of benzene rings is 3. The number of Topliss-reactive ketones (excluding diaryl/α,β-unsaturated/α-hetero) is 1. The average molecular weight is 592 g/mol. The van der Waals surface area contributed by atoms with Crippen LogP contribution in [-0.4, -0.2) is 38.7 Å². The third kappa shape index (κ3) is 5.55. The fraction of sp³-hybridized carbons (Fsp3) is 0.200. The van der Waals surface area contributed by atoms with Crippen LogP contribution in [0.15, 0.2) is 70.6 Å². The number of nitrogens with zero attached hydrogens (tertiary/aromatic N) is 3. The summed E-state index contributed by atoms with van der Waals surface area (Å²) in [6.07, 6.45) is 0. The normalized spacial score (nSPS) is 16.4. The molecule has 11 heteroatoms. The third-order valence-electron chi connectivity index (χ3n) is 6.60. The Kier molecular flexibility index (Phi) is 8.09. The summed E-state index contributed by atoms with van der Waals surface area (Å²) in [6.45, 7) is 5.71. The van der Waals surface area contributed by atoms with Crippen molar-refractivity contribution in [2.45, 2.75) is 36.9 Å². The molecule has 210 valence electrons.